The Morgan fingerprint density at radius 1 is 1.10 bits per heavy atom. The average Bonchev–Trinajstić information content (AvgIpc) is 2.50. The summed E-state index contributed by atoms with van der Waals surface area (Å²) in [5, 5.41) is 0. The van der Waals surface area contributed by atoms with Gasteiger partial charge in [-0.25, -0.2) is 4.79 Å². The molecule has 1 aromatic carbocycles. The maximum absolute atomic E-state index is 11.6. The fourth-order valence-electron chi connectivity index (χ4n) is 1.76. The molecular formula is C15H18O6. The van der Waals surface area contributed by atoms with Crippen molar-refractivity contribution in [2.45, 2.75) is 13.0 Å². The summed E-state index contributed by atoms with van der Waals surface area (Å²) in [6, 6.07) is 4.92. The molecule has 0 aliphatic rings. The van der Waals surface area contributed by atoms with E-state index in [1.165, 1.54) is 28.3 Å². The van der Waals surface area contributed by atoms with Crippen molar-refractivity contribution in [2.75, 3.05) is 21.3 Å². The molecule has 0 bridgehead atoms. The van der Waals surface area contributed by atoms with Crippen LogP contribution in [-0.4, -0.2) is 33.3 Å². The fraction of sp³-hybridized carbons (Fsp3) is 0.333. The van der Waals surface area contributed by atoms with Crippen molar-refractivity contribution >= 4 is 11.9 Å². The molecule has 1 aromatic rings. The quantitative estimate of drug-likeness (QED) is 0.590. The highest BCUT2D eigenvalue weighted by Crippen LogP contribution is 2.33. The molecule has 0 amide bonds. The number of hydrogen-bond acceptors (Lipinski definition) is 6. The van der Waals surface area contributed by atoms with Gasteiger partial charge in [-0.15, -0.1) is 0 Å². The minimum absolute atomic E-state index is 0.0138. The van der Waals surface area contributed by atoms with Gasteiger partial charge in [-0.2, -0.15) is 0 Å². The van der Waals surface area contributed by atoms with Gasteiger partial charge >= 0.3 is 11.9 Å². The second kappa shape index (κ2) is 7.33. The van der Waals surface area contributed by atoms with Crippen LogP contribution >= 0.6 is 0 Å². The second-order valence-corrected chi connectivity index (χ2v) is 4.12. The second-order valence-electron chi connectivity index (χ2n) is 4.12. The van der Waals surface area contributed by atoms with Crippen LogP contribution in [0.4, 0.5) is 0 Å². The van der Waals surface area contributed by atoms with Crippen LogP contribution in [0.25, 0.3) is 0 Å². The van der Waals surface area contributed by atoms with Crippen LogP contribution in [0.1, 0.15) is 18.6 Å². The van der Waals surface area contributed by atoms with Gasteiger partial charge in [0.2, 0.25) is 0 Å². The van der Waals surface area contributed by atoms with Gasteiger partial charge in [0.25, 0.3) is 0 Å². The van der Waals surface area contributed by atoms with Crippen LogP contribution in [0.2, 0.25) is 0 Å². The summed E-state index contributed by atoms with van der Waals surface area (Å²) in [5.41, 5.74) is 0.540. The van der Waals surface area contributed by atoms with Crippen LogP contribution in [0, 0.1) is 0 Å². The van der Waals surface area contributed by atoms with Crippen molar-refractivity contribution < 1.29 is 28.5 Å². The Labute approximate surface area is 123 Å². The number of carbonyl (C=O) groups excluding carboxylic acids is 2. The molecule has 1 atom stereocenters. The summed E-state index contributed by atoms with van der Waals surface area (Å²) in [6.07, 6.45) is -0.949. The van der Waals surface area contributed by atoms with E-state index < -0.39 is 18.0 Å². The summed E-state index contributed by atoms with van der Waals surface area (Å²) >= 11 is 0. The molecule has 0 saturated carbocycles. The van der Waals surface area contributed by atoms with Gasteiger partial charge in [0.15, 0.2) is 17.6 Å². The summed E-state index contributed by atoms with van der Waals surface area (Å²) in [4.78, 5) is 22.9. The highest BCUT2D eigenvalue weighted by molar-refractivity contribution is 5.89. The number of esters is 2. The van der Waals surface area contributed by atoms with Crippen LogP contribution in [0.3, 0.4) is 0 Å². The van der Waals surface area contributed by atoms with Crippen LogP contribution in [0.15, 0.2) is 30.4 Å². The van der Waals surface area contributed by atoms with Gasteiger partial charge in [-0.05, 0) is 12.1 Å². The van der Waals surface area contributed by atoms with E-state index in [9.17, 15) is 9.59 Å². The van der Waals surface area contributed by atoms with Crippen molar-refractivity contribution in [3.8, 4) is 11.5 Å². The highest BCUT2D eigenvalue weighted by atomic mass is 16.6. The molecule has 0 N–H and O–H groups in total. The normalized spacial score (nSPS) is 11.2. The molecule has 0 aromatic heterocycles. The van der Waals surface area contributed by atoms with Gasteiger partial charge in [0.05, 0.1) is 26.9 Å². The van der Waals surface area contributed by atoms with E-state index in [-0.39, 0.29) is 5.57 Å². The number of rotatable bonds is 6. The summed E-state index contributed by atoms with van der Waals surface area (Å²) in [6.45, 7) is 4.88. The third kappa shape index (κ3) is 3.98. The lowest BCUT2D eigenvalue weighted by Crippen LogP contribution is -2.17. The Morgan fingerprint density at radius 3 is 2.19 bits per heavy atom. The molecule has 1 unspecified atom stereocenters. The Morgan fingerprint density at radius 2 is 1.71 bits per heavy atom. The Bertz CT molecular complexity index is 549. The van der Waals surface area contributed by atoms with E-state index in [2.05, 4.69) is 11.3 Å². The largest absolute Gasteiger partial charge is 0.493 e. The van der Waals surface area contributed by atoms with E-state index in [1.807, 2.05) is 0 Å². The minimum atomic E-state index is -0.949. The van der Waals surface area contributed by atoms with Gasteiger partial charge in [-0.3, -0.25) is 4.79 Å². The van der Waals surface area contributed by atoms with E-state index in [1.54, 1.807) is 18.2 Å². The average molecular weight is 294 g/mol. The number of carbonyl (C=O) groups is 2. The predicted octanol–water partition coefficient (Wildman–Crippen LogP) is 2.04. The summed E-state index contributed by atoms with van der Waals surface area (Å²) in [7, 11) is 4.22. The fourth-order valence-corrected chi connectivity index (χ4v) is 1.76. The Hall–Kier alpha value is -2.50. The molecule has 0 aliphatic carbocycles. The van der Waals surface area contributed by atoms with Gasteiger partial charge in [-0.1, -0.05) is 12.6 Å². The summed E-state index contributed by atoms with van der Waals surface area (Å²) < 4.78 is 20.1. The monoisotopic (exact) mass is 294 g/mol. The number of benzene rings is 1. The standard InChI is InChI=1S/C15H18O6/c1-9(15(17)20-5)14(21-10(2)16)11-6-7-12(18-3)13(8-11)19-4/h6-8,14H,1H2,2-5H3. The molecule has 0 spiro atoms. The number of hydrogen-bond donors (Lipinski definition) is 0. The summed E-state index contributed by atoms with van der Waals surface area (Å²) in [5.74, 6) is -0.229. The lowest BCUT2D eigenvalue weighted by atomic mass is 10.0. The predicted molar refractivity (Wildman–Crippen MR) is 75.2 cm³/mol. The number of methoxy groups -OCH3 is 3. The third-order valence-corrected chi connectivity index (χ3v) is 2.76. The molecule has 21 heavy (non-hydrogen) atoms. The van der Waals surface area contributed by atoms with Crippen LogP contribution < -0.4 is 9.47 Å². The first-order valence-electron chi connectivity index (χ1n) is 6.10. The molecule has 0 radical (unpaired) electrons. The molecule has 0 heterocycles. The molecule has 0 aliphatic heterocycles. The van der Waals surface area contributed by atoms with Gasteiger partial charge in [0.1, 0.15) is 0 Å². The first-order valence-corrected chi connectivity index (χ1v) is 6.10. The van der Waals surface area contributed by atoms with Crippen LogP contribution in [0.5, 0.6) is 11.5 Å². The highest BCUT2D eigenvalue weighted by Gasteiger charge is 2.25. The first kappa shape index (κ1) is 16.6. The van der Waals surface area contributed by atoms with E-state index >= 15 is 0 Å². The van der Waals surface area contributed by atoms with Crippen molar-refractivity contribution in [2.24, 2.45) is 0 Å². The molecule has 6 nitrogen and oxygen atoms in total. The topological polar surface area (TPSA) is 71.1 Å². The van der Waals surface area contributed by atoms with Crippen molar-refractivity contribution in [3.63, 3.8) is 0 Å². The van der Waals surface area contributed by atoms with Crippen molar-refractivity contribution in [1.29, 1.82) is 0 Å². The Kier molecular flexibility index (Phi) is 5.78. The van der Waals surface area contributed by atoms with E-state index in [0.29, 0.717) is 17.1 Å². The zero-order chi connectivity index (χ0) is 16.0. The minimum Gasteiger partial charge on any atom is -0.493 e. The SMILES string of the molecule is C=C(C(=O)OC)C(OC(C)=O)c1ccc(OC)c(OC)c1. The lowest BCUT2D eigenvalue weighted by Gasteiger charge is -2.19. The maximum Gasteiger partial charge on any atom is 0.337 e. The molecule has 0 fully saturated rings. The molecule has 1 rings (SSSR count). The molecule has 114 valence electrons. The van der Waals surface area contributed by atoms with E-state index in [0.717, 1.165) is 0 Å². The van der Waals surface area contributed by atoms with Crippen LogP contribution in [-0.2, 0) is 19.1 Å². The van der Waals surface area contributed by atoms with Crippen molar-refractivity contribution in [1.82, 2.24) is 0 Å². The molecule has 0 saturated heterocycles. The maximum atomic E-state index is 11.6. The zero-order valence-corrected chi connectivity index (χ0v) is 12.5. The third-order valence-electron chi connectivity index (χ3n) is 2.76. The first-order chi connectivity index (χ1) is 9.94. The lowest BCUT2D eigenvalue weighted by molar-refractivity contribution is -0.147. The van der Waals surface area contributed by atoms with Crippen molar-refractivity contribution in [3.05, 3.63) is 35.9 Å². The Balaban J connectivity index is 3.22. The van der Waals surface area contributed by atoms with E-state index in [4.69, 9.17) is 14.2 Å². The molecule has 6 heteroatoms. The zero-order valence-electron chi connectivity index (χ0n) is 12.5. The van der Waals surface area contributed by atoms with Gasteiger partial charge in [0, 0.05) is 12.5 Å². The van der Waals surface area contributed by atoms with Gasteiger partial charge < -0.3 is 18.9 Å². The smallest absolute Gasteiger partial charge is 0.337 e. The number of ether oxygens (including phenoxy) is 4. The molecular weight excluding hydrogens is 276 g/mol.